The van der Waals surface area contributed by atoms with Crippen molar-refractivity contribution in [1.82, 2.24) is 4.48 Å². The van der Waals surface area contributed by atoms with Crippen molar-refractivity contribution in [2.45, 2.75) is 0 Å². The van der Waals surface area contributed by atoms with Gasteiger partial charge < -0.3 is 14.1 Å². The molecule has 7 aromatic rings. The first-order chi connectivity index (χ1) is 19.3. The van der Waals surface area contributed by atoms with Crippen molar-refractivity contribution >= 4 is 61.4 Å². The van der Waals surface area contributed by atoms with Crippen LogP contribution in [0.5, 0.6) is 0 Å². The number of nitrogens with zero attached hydrogens (tertiary/aromatic N) is 3. The first-order valence-electron chi connectivity index (χ1n) is 13.3. The summed E-state index contributed by atoms with van der Waals surface area (Å²) >= 11 is 1.87. The molecule has 0 bridgehead atoms. The summed E-state index contributed by atoms with van der Waals surface area (Å²) in [7, 11) is -0.0131. The van der Waals surface area contributed by atoms with E-state index in [4.69, 9.17) is 0 Å². The third kappa shape index (κ3) is 2.93. The van der Waals surface area contributed by atoms with Gasteiger partial charge in [-0.2, -0.15) is 0 Å². The van der Waals surface area contributed by atoms with Gasteiger partial charge in [0.15, 0.2) is 0 Å². The van der Waals surface area contributed by atoms with E-state index in [-0.39, 0.29) is 7.12 Å². The number of hydrogen-bond acceptors (Lipinski definition) is 3. The number of anilines is 4. The van der Waals surface area contributed by atoms with Crippen molar-refractivity contribution in [3.05, 3.63) is 134 Å². The molecule has 5 heteroatoms. The van der Waals surface area contributed by atoms with E-state index in [2.05, 4.69) is 148 Å². The highest BCUT2D eigenvalue weighted by atomic mass is 32.1. The van der Waals surface area contributed by atoms with Crippen molar-refractivity contribution in [2.75, 3.05) is 9.62 Å². The maximum Gasteiger partial charge on any atom is 0.518 e. The number of fused-ring (bicyclic) bond motifs is 11. The van der Waals surface area contributed by atoms with Gasteiger partial charge in [-0.1, -0.05) is 66.7 Å². The zero-order valence-electron chi connectivity index (χ0n) is 21.0. The Balaban J connectivity index is 1.28. The first-order valence-corrected chi connectivity index (χ1v) is 14.1. The maximum atomic E-state index is 2.51. The molecule has 0 N–H and O–H groups in total. The summed E-state index contributed by atoms with van der Waals surface area (Å²) in [6.45, 7) is 0. The third-order valence-electron chi connectivity index (χ3n) is 8.17. The molecule has 0 spiro atoms. The van der Waals surface area contributed by atoms with Gasteiger partial charge in [0, 0.05) is 42.8 Å². The van der Waals surface area contributed by atoms with E-state index in [1.165, 1.54) is 65.3 Å². The molecule has 182 valence electrons. The van der Waals surface area contributed by atoms with Gasteiger partial charge in [0.1, 0.15) is 0 Å². The summed E-state index contributed by atoms with van der Waals surface area (Å²) in [4.78, 5) is 4.97. The first kappa shape index (κ1) is 21.2. The fourth-order valence-electron chi connectivity index (χ4n) is 6.46. The van der Waals surface area contributed by atoms with Gasteiger partial charge in [0.05, 0.1) is 11.4 Å². The Morgan fingerprint density at radius 2 is 1.28 bits per heavy atom. The summed E-state index contributed by atoms with van der Waals surface area (Å²) in [6, 6.07) is 46.5. The minimum atomic E-state index is -0.0131. The van der Waals surface area contributed by atoms with Crippen LogP contribution in [0.3, 0.4) is 0 Å². The molecule has 0 aliphatic carbocycles. The van der Waals surface area contributed by atoms with Gasteiger partial charge in [-0.15, -0.1) is 11.3 Å². The Morgan fingerprint density at radius 3 is 2.23 bits per heavy atom. The molecule has 3 nitrogen and oxygen atoms in total. The molecule has 39 heavy (non-hydrogen) atoms. The van der Waals surface area contributed by atoms with Gasteiger partial charge in [0.25, 0.3) is 0 Å². The second kappa shape index (κ2) is 7.89. The summed E-state index contributed by atoms with van der Waals surface area (Å²) < 4.78 is 5.08. The predicted octanol–water partition coefficient (Wildman–Crippen LogP) is 9.33. The van der Waals surface area contributed by atoms with E-state index in [0.29, 0.717) is 0 Å². The highest BCUT2D eigenvalue weighted by Crippen LogP contribution is 2.52. The minimum Gasteiger partial charge on any atom is -0.351 e. The Bertz CT molecular complexity index is 2060. The molecule has 0 amide bonds. The quantitative estimate of drug-likeness (QED) is 0.213. The van der Waals surface area contributed by atoms with Crippen molar-refractivity contribution in [1.29, 1.82) is 0 Å². The monoisotopic (exact) mass is 515 g/mol. The van der Waals surface area contributed by atoms with E-state index < -0.39 is 0 Å². The summed E-state index contributed by atoms with van der Waals surface area (Å²) in [5, 5.41) is 2.67. The number of para-hydroxylation sites is 2. The van der Waals surface area contributed by atoms with Crippen molar-refractivity contribution in [3.8, 4) is 22.4 Å². The molecule has 0 fully saturated rings. The molecule has 0 unspecified atom stereocenters. The van der Waals surface area contributed by atoms with Crippen molar-refractivity contribution in [3.63, 3.8) is 0 Å². The van der Waals surface area contributed by atoms with Crippen LogP contribution in [-0.4, -0.2) is 11.6 Å². The predicted molar refractivity (Wildman–Crippen MR) is 167 cm³/mol. The second-order valence-corrected chi connectivity index (χ2v) is 11.3. The van der Waals surface area contributed by atoms with Crippen LogP contribution >= 0.6 is 11.3 Å². The normalized spacial score (nSPS) is 13.5. The standard InChI is InChI=1S/C34H22BN3S/c1-2-9-25(10-3-1)37-31-18-16-24(23-17-19-34-28(21-23)26-11-5-7-15-33(26)39-34)22-32(31)38-30-13-6-4-12-27(30)29-14-8-20-36(29)35(37)38/h1-22H. The maximum absolute atomic E-state index is 2.51. The topological polar surface area (TPSA) is 11.4 Å². The van der Waals surface area contributed by atoms with Crippen LogP contribution in [0.15, 0.2) is 134 Å². The molecule has 2 aliphatic rings. The van der Waals surface area contributed by atoms with Crippen LogP contribution < -0.4 is 9.62 Å². The Labute approximate surface area is 230 Å². The van der Waals surface area contributed by atoms with Gasteiger partial charge in [-0.05, 0) is 78.0 Å². The van der Waals surface area contributed by atoms with Gasteiger partial charge in [0.2, 0.25) is 0 Å². The average Bonchev–Trinajstić information content (AvgIpc) is 3.71. The second-order valence-electron chi connectivity index (χ2n) is 10.3. The smallest absolute Gasteiger partial charge is 0.351 e. The fourth-order valence-corrected chi connectivity index (χ4v) is 7.54. The van der Waals surface area contributed by atoms with Crippen LogP contribution in [0.4, 0.5) is 22.7 Å². The molecule has 5 aromatic carbocycles. The van der Waals surface area contributed by atoms with E-state index in [9.17, 15) is 0 Å². The highest BCUT2D eigenvalue weighted by Gasteiger charge is 2.48. The lowest BCUT2D eigenvalue weighted by Gasteiger charge is -2.36. The number of aromatic nitrogens is 1. The summed E-state index contributed by atoms with van der Waals surface area (Å²) in [5.74, 6) is 0. The Kier molecular flexibility index (Phi) is 4.29. The number of rotatable bonds is 2. The average molecular weight is 515 g/mol. The van der Waals surface area contributed by atoms with E-state index >= 15 is 0 Å². The molecule has 0 saturated carbocycles. The minimum absolute atomic E-state index is 0.0131. The van der Waals surface area contributed by atoms with E-state index in [1.807, 2.05) is 11.3 Å². The largest absolute Gasteiger partial charge is 0.518 e. The van der Waals surface area contributed by atoms with Crippen LogP contribution in [0.25, 0.3) is 42.6 Å². The lowest BCUT2D eigenvalue weighted by atomic mass is 9.82. The Morgan fingerprint density at radius 1 is 0.513 bits per heavy atom. The van der Waals surface area contributed by atoms with Gasteiger partial charge in [-0.25, -0.2) is 0 Å². The number of thiophene rings is 1. The number of hydrogen-bond donors (Lipinski definition) is 0. The molecular formula is C34H22BN3S. The van der Waals surface area contributed by atoms with Crippen LogP contribution in [-0.2, 0) is 0 Å². The molecule has 2 aromatic heterocycles. The van der Waals surface area contributed by atoms with Crippen molar-refractivity contribution < 1.29 is 0 Å². The third-order valence-corrected chi connectivity index (χ3v) is 9.32. The number of benzene rings is 5. The molecule has 0 atom stereocenters. The molecule has 0 saturated heterocycles. The molecule has 2 aliphatic heterocycles. The molecule has 0 radical (unpaired) electrons. The SMILES string of the molecule is c1ccc(N2B3N(c4ccccc4-c4cccn43)c3cc(-c4ccc5sc6ccccc6c5c4)ccc32)cc1. The van der Waals surface area contributed by atoms with E-state index in [0.717, 1.165) is 0 Å². The lowest BCUT2D eigenvalue weighted by Crippen LogP contribution is -2.51. The molecule has 9 rings (SSSR count). The summed E-state index contributed by atoms with van der Waals surface area (Å²) in [6.07, 6.45) is 2.21. The zero-order valence-corrected chi connectivity index (χ0v) is 21.8. The van der Waals surface area contributed by atoms with Crippen LogP contribution in [0.1, 0.15) is 0 Å². The molecular weight excluding hydrogens is 493 g/mol. The van der Waals surface area contributed by atoms with Gasteiger partial charge >= 0.3 is 7.12 Å². The van der Waals surface area contributed by atoms with Crippen LogP contribution in [0, 0.1) is 0 Å². The van der Waals surface area contributed by atoms with E-state index in [1.54, 1.807) is 0 Å². The van der Waals surface area contributed by atoms with Gasteiger partial charge in [-0.3, -0.25) is 0 Å². The highest BCUT2D eigenvalue weighted by molar-refractivity contribution is 7.25. The molecule has 4 heterocycles. The lowest BCUT2D eigenvalue weighted by molar-refractivity contribution is 1.12. The fraction of sp³-hybridized carbons (Fsp3) is 0. The zero-order chi connectivity index (χ0) is 25.5. The summed E-state index contributed by atoms with van der Waals surface area (Å²) in [5.41, 5.74) is 9.85. The van der Waals surface area contributed by atoms with Crippen LogP contribution in [0.2, 0.25) is 0 Å². The van der Waals surface area contributed by atoms with Crippen molar-refractivity contribution in [2.24, 2.45) is 0 Å². The Hall–Kier alpha value is -4.74.